The van der Waals surface area contributed by atoms with Crippen LogP contribution in [0.25, 0.3) is 0 Å². The number of carbonyl (C=O) groups excluding carboxylic acids is 1. The van der Waals surface area contributed by atoms with Crippen LogP contribution in [0.2, 0.25) is 0 Å². The van der Waals surface area contributed by atoms with Gasteiger partial charge in [-0.2, -0.15) is 0 Å². The van der Waals surface area contributed by atoms with E-state index in [0.717, 1.165) is 13.0 Å². The summed E-state index contributed by atoms with van der Waals surface area (Å²) in [5.74, 6) is 1.96. The molecule has 0 aliphatic carbocycles. The molecule has 13 heavy (non-hydrogen) atoms. The number of hydrogen-bond donors (Lipinski definition) is 4. The Labute approximate surface area is 73.8 Å². The van der Waals surface area contributed by atoms with Crippen LogP contribution in [0.5, 0.6) is 0 Å². The van der Waals surface area contributed by atoms with Gasteiger partial charge in [-0.25, -0.2) is 10.6 Å². The fourth-order valence-electron chi connectivity index (χ4n) is 0.195. The van der Waals surface area contributed by atoms with Crippen LogP contribution < -0.4 is 11.3 Å². The highest BCUT2D eigenvalue weighted by Crippen LogP contribution is 1.70. The Morgan fingerprint density at radius 1 is 1.23 bits per heavy atom. The first-order valence-electron chi connectivity index (χ1n) is 3.01. The lowest BCUT2D eigenvalue weighted by atomic mass is 10.5. The second-order valence-corrected chi connectivity index (χ2v) is 1.70. The number of nitrogens with two attached hydrogens (primary N) is 1. The number of hydrogen-bond acceptors (Lipinski definition) is 4. The van der Waals surface area contributed by atoms with E-state index in [-0.39, 0.29) is 0 Å². The van der Waals surface area contributed by atoms with Gasteiger partial charge in [0.2, 0.25) is 0 Å². The lowest BCUT2D eigenvalue weighted by molar-refractivity contribution is -0.134. The van der Waals surface area contributed by atoms with Crippen LogP contribution in [-0.2, 0) is 14.4 Å². The average molecular weight is 190 g/mol. The fourth-order valence-corrected chi connectivity index (χ4v) is 0.195. The van der Waals surface area contributed by atoms with Crippen molar-refractivity contribution in [3.8, 4) is 0 Å². The second-order valence-electron chi connectivity index (χ2n) is 1.70. The first-order chi connectivity index (χ1) is 5.90. The zero-order valence-corrected chi connectivity index (χ0v) is 6.85. The Morgan fingerprint density at radius 3 is 1.85 bits per heavy atom. The molecule has 0 radical (unpaired) electrons. The zero-order chi connectivity index (χ0) is 10.9. The molecule has 0 aliphatic rings. The van der Waals surface area contributed by atoms with Crippen molar-refractivity contribution >= 4 is 17.8 Å². The van der Waals surface area contributed by atoms with Gasteiger partial charge in [0.1, 0.15) is 0 Å². The van der Waals surface area contributed by atoms with Crippen molar-refractivity contribution in [2.75, 3.05) is 0 Å². The molecule has 0 aromatic carbocycles. The van der Waals surface area contributed by atoms with Crippen LogP contribution in [0.4, 0.5) is 0 Å². The first-order valence-corrected chi connectivity index (χ1v) is 3.01. The molecule has 0 saturated carbocycles. The standard InChI is InChI=1S/C4H6N2O3.C2H4O2/c5-6-3(7)1-2-4(8)9;1-2(3)4/h1-2H,5H2,(H,6,7)(H,8,9);1H3,(H,3,4). The van der Waals surface area contributed by atoms with E-state index in [0.29, 0.717) is 6.08 Å². The first kappa shape index (κ1) is 13.7. The van der Waals surface area contributed by atoms with Crippen molar-refractivity contribution in [3.05, 3.63) is 12.2 Å². The Hall–Kier alpha value is -1.89. The molecule has 0 aromatic rings. The summed E-state index contributed by atoms with van der Waals surface area (Å²) in [6.45, 7) is 1.08. The third-order valence-electron chi connectivity index (χ3n) is 0.520. The molecule has 0 saturated heterocycles. The minimum absolute atomic E-state index is 0.641. The molecule has 7 nitrogen and oxygen atoms in total. The predicted octanol–water partition coefficient (Wildman–Crippen LogP) is -1.29. The molecule has 0 atom stereocenters. The normalized spacial score (nSPS) is 8.46. The van der Waals surface area contributed by atoms with Crippen molar-refractivity contribution in [2.24, 2.45) is 5.84 Å². The number of nitrogens with one attached hydrogen (secondary N) is 1. The largest absolute Gasteiger partial charge is 0.481 e. The summed E-state index contributed by atoms with van der Waals surface area (Å²) in [5.41, 5.74) is 1.73. The smallest absolute Gasteiger partial charge is 0.328 e. The summed E-state index contributed by atoms with van der Waals surface area (Å²) in [7, 11) is 0. The van der Waals surface area contributed by atoms with Gasteiger partial charge in [-0.05, 0) is 0 Å². The Bertz CT molecular complexity index is 219. The molecule has 0 spiro atoms. The van der Waals surface area contributed by atoms with Gasteiger partial charge in [-0.15, -0.1) is 0 Å². The van der Waals surface area contributed by atoms with Gasteiger partial charge < -0.3 is 10.2 Å². The molecule has 0 rings (SSSR count). The third kappa shape index (κ3) is 25.5. The average Bonchev–Trinajstić information content (AvgIpc) is 1.99. The number of rotatable bonds is 2. The maximum atomic E-state index is 10.1. The topological polar surface area (TPSA) is 130 Å². The predicted molar refractivity (Wildman–Crippen MR) is 42.4 cm³/mol. The van der Waals surface area contributed by atoms with Gasteiger partial charge in [0, 0.05) is 19.1 Å². The Balaban J connectivity index is 0. The molecule has 0 fully saturated rings. The summed E-state index contributed by atoms with van der Waals surface area (Å²) in [6.07, 6.45) is 1.52. The SMILES string of the molecule is CC(=O)O.NNC(=O)C=CC(=O)O. The van der Waals surface area contributed by atoms with Crippen molar-refractivity contribution < 1.29 is 24.6 Å². The lowest BCUT2D eigenvalue weighted by Gasteiger charge is -1.85. The maximum absolute atomic E-state index is 10.1. The number of aliphatic carboxylic acids is 2. The third-order valence-corrected chi connectivity index (χ3v) is 0.520. The van der Waals surface area contributed by atoms with E-state index in [1.165, 1.54) is 0 Å². The molecular weight excluding hydrogens is 180 g/mol. The van der Waals surface area contributed by atoms with Crippen molar-refractivity contribution in [1.29, 1.82) is 0 Å². The summed E-state index contributed by atoms with van der Waals surface area (Å²) < 4.78 is 0. The van der Waals surface area contributed by atoms with Crippen molar-refractivity contribution in [3.63, 3.8) is 0 Å². The van der Waals surface area contributed by atoms with Crippen molar-refractivity contribution in [1.82, 2.24) is 5.43 Å². The van der Waals surface area contributed by atoms with Gasteiger partial charge in [0.15, 0.2) is 0 Å². The molecule has 7 heteroatoms. The van der Waals surface area contributed by atoms with E-state index in [2.05, 4.69) is 5.84 Å². The Morgan fingerprint density at radius 2 is 1.62 bits per heavy atom. The molecule has 0 heterocycles. The highest BCUT2D eigenvalue weighted by atomic mass is 16.4. The number of carbonyl (C=O) groups is 3. The van der Waals surface area contributed by atoms with Crippen LogP contribution in [0, 0.1) is 0 Å². The quantitative estimate of drug-likeness (QED) is 0.185. The van der Waals surface area contributed by atoms with E-state index in [1.807, 2.05) is 0 Å². The van der Waals surface area contributed by atoms with E-state index in [1.54, 1.807) is 5.43 Å². The van der Waals surface area contributed by atoms with E-state index in [4.69, 9.17) is 15.0 Å². The Kier molecular flexibility index (Phi) is 8.64. The van der Waals surface area contributed by atoms with Gasteiger partial charge in [0.25, 0.3) is 11.9 Å². The molecular formula is C6H10N2O5. The zero-order valence-electron chi connectivity index (χ0n) is 6.85. The van der Waals surface area contributed by atoms with E-state index in [9.17, 15) is 9.59 Å². The van der Waals surface area contributed by atoms with Crippen LogP contribution in [0.15, 0.2) is 12.2 Å². The summed E-state index contributed by atoms with van der Waals surface area (Å²) in [4.78, 5) is 28.8. The van der Waals surface area contributed by atoms with Crippen LogP contribution in [0.1, 0.15) is 6.92 Å². The van der Waals surface area contributed by atoms with Gasteiger partial charge in [-0.3, -0.25) is 15.0 Å². The molecule has 0 aromatic heterocycles. The van der Waals surface area contributed by atoms with Crippen LogP contribution in [0.3, 0.4) is 0 Å². The minimum atomic E-state index is -1.18. The molecule has 0 unspecified atom stereocenters. The number of carboxylic acids is 2. The fraction of sp³-hybridized carbons (Fsp3) is 0.167. The number of amides is 1. The van der Waals surface area contributed by atoms with Crippen LogP contribution in [-0.4, -0.2) is 28.1 Å². The number of hydrazine groups is 1. The van der Waals surface area contributed by atoms with Crippen LogP contribution >= 0.6 is 0 Å². The van der Waals surface area contributed by atoms with E-state index >= 15 is 0 Å². The molecule has 1 amide bonds. The van der Waals surface area contributed by atoms with Gasteiger partial charge in [-0.1, -0.05) is 0 Å². The van der Waals surface area contributed by atoms with E-state index < -0.39 is 17.8 Å². The summed E-state index contributed by atoms with van der Waals surface area (Å²) >= 11 is 0. The maximum Gasteiger partial charge on any atom is 0.328 e. The highest BCUT2D eigenvalue weighted by molar-refractivity contribution is 5.93. The second kappa shape index (κ2) is 8.21. The summed E-state index contributed by atoms with van der Waals surface area (Å²) in [6, 6.07) is 0. The molecule has 0 aliphatic heterocycles. The van der Waals surface area contributed by atoms with Gasteiger partial charge >= 0.3 is 5.97 Å². The number of carboxylic acid groups (broad SMARTS) is 2. The highest BCUT2D eigenvalue weighted by Gasteiger charge is 1.90. The monoisotopic (exact) mass is 190 g/mol. The summed E-state index contributed by atoms with van der Waals surface area (Å²) in [5, 5.41) is 15.4. The molecule has 5 N–H and O–H groups in total. The van der Waals surface area contributed by atoms with Crippen molar-refractivity contribution in [2.45, 2.75) is 6.92 Å². The lowest BCUT2D eigenvalue weighted by Crippen LogP contribution is -2.28. The molecule has 0 bridgehead atoms. The van der Waals surface area contributed by atoms with Gasteiger partial charge in [0.05, 0.1) is 0 Å². The molecule has 74 valence electrons. The minimum Gasteiger partial charge on any atom is -0.481 e.